The molecular formula is C7H12O5S. The van der Waals surface area contributed by atoms with Crippen LogP contribution in [0.3, 0.4) is 0 Å². The first-order valence-corrected chi connectivity index (χ1v) is 5.07. The Balaban J connectivity index is 4.31. The van der Waals surface area contributed by atoms with Gasteiger partial charge in [0.25, 0.3) is 0 Å². The molecule has 0 aromatic rings. The molecule has 1 N–H and O–H groups in total. The molecule has 2 unspecified atom stereocenters. The second kappa shape index (κ2) is 5.69. The van der Waals surface area contributed by atoms with Crippen LogP contribution in [0.4, 0.5) is 0 Å². The number of carbonyl (C=O) groups is 2. The van der Waals surface area contributed by atoms with Gasteiger partial charge in [0.15, 0.2) is 0 Å². The molecule has 2 atom stereocenters. The highest BCUT2D eigenvalue weighted by atomic mass is 32.2. The molecule has 13 heavy (non-hydrogen) atoms. The van der Waals surface area contributed by atoms with Gasteiger partial charge in [0.1, 0.15) is 11.0 Å². The van der Waals surface area contributed by atoms with E-state index in [1.165, 1.54) is 7.11 Å². The van der Waals surface area contributed by atoms with Gasteiger partial charge in [0.05, 0.1) is 7.11 Å². The fourth-order valence-corrected chi connectivity index (χ4v) is 1.94. The lowest BCUT2D eigenvalue weighted by Gasteiger charge is -2.09. The van der Waals surface area contributed by atoms with E-state index in [9.17, 15) is 13.8 Å². The summed E-state index contributed by atoms with van der Waals surface area (Å²) in [5.41, 5.74) is 0. The minimum Gasteiger partial charge on any atom is -0.481 e. The molecule has 0 aromatic heterocycles. The van der Waals surface area contributed by atoms with Crippen LogP contribution in [-0.4, -0.2) is 39.4 Å². The molecule has 0 spiro atoms. The first-order chi connectivity index (χ1) is 6.02. The van der Waals surface area contributed by atoms with E-state index < -0.39 is 33.7 Å². The summed E-state index contributed by atoms with van der Waals surface area (Å²) < 4.78 is 15.6. The largest absolute Gasteiger partial charge is 0.481 e. The van der Waals surface area contributed by atoms with Gasteiger partial charge in [-0.15, -0.1) is 0 Å². The summed E-state index contributed by atoms with van der Waals surface area (Å²) in [5, 5.41) is 7.51. The zero-order valence-corrected chi connectivity index (χ0v) is 8.30. The number of hydrogen-bond acceptors (Lipinski definition) is 4. The standard InChI is InChI=1S/C7H12O5S/c1-3-5(7(10)12-2)13(11)4-6(8)9/h5H,3-4H2,1-2H3,(H,8,9). The third-order valence-electron chi connectivity index (χ3n) is 1.42. The maximum Gasteiger partial charge on any atom is 0.321 e. The van der Waals surface area contributed by atoms with Crippen LogP contribution in [0.15, 0.2) is 0 Å². The molecule has 76 valence electrons. The molecule has 0 amide bonds. The van der Waals surface area contributed by atoms with Gasteiger partial charge in [-0.3, -0.25) is 13.8 Å². The van der Waals surface area contributed by atoms with E-state index in [0.29, 0.717) is 6.42 Å². The maximum atomic E-state index is 11.2. The molecule has 0 aromatic carbocycles. The second-order valence-electron chi connectivity index (χ2n) is 2.34. The van der Waals surface area contributed by atoms with Gasteiger partial charge in [0.2, 0.25) is 0 Å². The highest BCUT2D eigenvalue weighted by Crippen LogP contribution is 2.04. The predicted octanol–water partition coefficient (Wildman–Crippen LogP) is -0.229. The SMILES string of the molecule is CCC(C(=O)OC)S(=O)CC(=O)O. The molecule has 0 saturated heterocycles. The van der Waals surface area contributed by atoms with Gasteiger partial charge in [0, 0.05) is 10.8 Å². The summed E-state index contributed by atoms with van der Waals surface area (Å²) >= 11 is 0. The Labute approximate surface area is 78.5 Å². The molecule has 0 aliphatic heterocycles. The summed E-state index contributed by atoms with van der Waals surface area (Å²) in [6.45, 7) is 1.65. The second-order valence-corrected chi connectivity index (χ2v) is 3.96. The fourth-order valence-electron chi connectivity index (χ4n) is 0.814. The molecule has 0 rings (SSSR count). The summed E-state index contributed by atoms with van der Waals surface area (Å²) in [7, 11) is -0.508. The summed E-state index contributed by atoms with van der Waals surface area (Å²) in [6.07, 6.45) is 0.312. The van der Waals surface area contributed by atoms with Crippen LogP contribution in [-0.2, 0) is 25.1 Å². The van der Waals surface area contributed by atoms with Crippen LogP contribution in [0.2, 0.25) is 0 Å². The average molecular weight is 208 g/mol. The Kier molecular flexibility index (Phi) is 5.29. The molecule has 0 aliphatic carbocycles. The number of esters is 1. The summed E-state index contributed by atoms with van der Waals surface area (Å²) in [5.74, 6) is -2.32. The number of carbonyl (C=O) groups excluding carboxylic acids is 1. The number of aliphatic carboxylic acids is 1. The van der Waals surface area contributed by atoms with Gasteiger partial charge < -0.3 is 9.84 Å². The zero-order valence-electron chi connectivity index (χ0n) is 7.48. The van der Waals surface area contributed by atoms with Crippen molar-refractivity contribution in [2.45, 2.75) is 18.6 Å². The average Bonchev–Trinajstić information content (AvgIpc) is 2.03. The number of ether oxygens (including phenoxy) is 1. The molecule has 0 fully saturated rings. The van der Waals surface area contributed by atoms with Gasteiger partial charge in [-0.05, 0) is 6.42 Å². The van der Waals surface area contributed by atoms with Gasteiger partial charge in [-0.2, -0.15) is 0 Å². The lowest BCUT2D eigenvalue weighted by molar-refractivity contribution is -0.140. The summed E-state index contributed by atoms with van der Waals surface area (Å²) in [6, 6.07) is 0. The zero-order chi connectivity index (χ0) is 10.4. The van der Waals surface area contributed by atoms with Gasteiger partial charge in [-0.25, -0.2) is 0 Å². The Bertz CT molecular complexity index is 225. The molecule has 5 nitrogen and oxygen atoms in total. The first-order valence-electron chi connectivity index (χ1n) is 3.69. The van der Waals surface area contributed by atoms with Crippen molar-refractivity contribution in [3.05, 3.63) is 0 Å². The Morgan fingerprint density at radius 1 is 1.54 bits per heavy atom. The minimum atomic E-state index is -1.69. The van der Waals surface area contributed by atoms with Crippen LogP contribution < -0.4 is 0 Å². The molecule has 0 radical (unpaired) electrons. The van der Waals surface area contributed by atoms with Crippen molar-refractivity contribution < 1.29 is 23.6 Å². The fraction of sp³-hybridized carbons (Fsp3) is 0.714. The van der Waals surface area contributed by atoms with E-state index in [-0.39, 0.29) is 0 Å². The van der Waals surface area contributed by atoms with E-state index in [2.05, 4.69) is 4.74 Å². The van der Waals surface area contributed by atoms with Crippen molar-refractivity contribution in [2.24, 2.45) is 0 Å². The lowest BCUT2D eigenvalue weighted by atomic mass is 10.3. The number of rotatable bonds is 5. The number of carboxylic acid groups (broad SMARTS) is 1. The maximum absolute atomic E-state index is 11.2. The quantitative estimate of drug-likeness (QED) is 0.631. The number of methoxy groups -OCH3 is 1. The molecule has 0 aliphatic rings. The number of carboxylic acids is 1. The van der Waals surface area contributed by atoms with Crippen LogP contribution in [0.5, 0.6) is 0 Å². The number of hydrogen-bond donors (Lipinski definition) is 1. The van der Waals surface area contributed by atoms with Crippen molar-refractivity contribution in [1.82, 2.24) is 0 Å². The van der Waals surface area contributed by atoms with Crippen molar-refractivity contribution in [1.29, 1.82) is 0 Å². The molecule has 0 heterocycles. The van der Waals surface area contributed by atoms with E-state index in [1.807, 2.05) is 0 Å². The normalized spacial score (nSPS) is 14.6. The van der Waals surface area contributed by atoms with E-state index in [1.54, 1.807) is 6.92 Å². The van der Waals surface area contributed by atoms with Crippen LogP contribution in [0, 0.1) is 0 Å². The van der Waals surface area contributed by atoms with Crippen molar-refractivity contribution in [3.63, 3.8) is 0 Å². The van der Waals surface area contributed by atoms with E-state index in [4.69, 9.17) is 5.11 Å². The molecule has 0 bridgehead atoms. The molecule has 0 saturated carbocycles. The predicted molar refractivity (Wildman–Crippen MR) is 46.7 cm³/mol. The Morgan fingerprint density at radius 3 is 2.38 bits per heavy atom. The van der Waals surface area contributed by atoms with E-state index in [0.717, 1.165) is 0 Å². The molecular weight excluding hydrogens is 196 g/mol. The third-order valence-corrected chi connectivity index (χ3v) is 3.11. The topological polar surface area (TPSA) is 80.7 Å². The van der Waals surface area contributed by atoms with Crippen molar-refractivity contribution in [3.8, 4) is 0 Å². The highest BCUT2D eigenvalue weighted by Gasteiger charge is 2.25. The smallest absolute Gasteiger partial charge is 0.321 e. The van der Waals surface area contributed by atoms with Crippen LogP contribution in [0.1, 0.15) is 13.3 Å². The molecule has 6 heteroatoms. The minimum absolute atomic E-state index is 0.312. The van der Waals surface area contributed by atoms with Gasteiger partial charge >= 0.3 is 11.9 Å². The highest BCUT2D eigenvalue weighted by molar-refractivity contribution is 7.87. The summed E-state index contributed by atoms with van der Waals surface area (Å²) in [4.78, 5) is 21.2. The first kappa shape index (κ1) is 12.1. The van der Waals surface area contributed by atoms with Crippen molar-refractivity contribution >= 4 is 22.7 Å². The third kappa shape index (κ3) is 4.02. The van der Waals surface area contributed by atoms with Gasteiger partial charge in [-0.1, -0.05) is 6.92 Å². The Morgan fingerprint density at radius 2 is 2.08 bits per heavy atom. The van der Waals surface area contributed by atoms with E-state index >= 15 is 0 Å². The van der Waals surface area contributed by atoms with Crippen LogP contribution >= 0.6 is 0 Å². The monoisotopic (exact) mass is 208 g/mol. The Hall–Kier alpha value is -0.910. The van der Waals surface area contributed by atoms with Crippen molar-refractivity contribution in [2.75, 3.05) is 12.9 Å². The lowest BCUT2D eigenvalue weighted by Crippen LogP contribution is -2.30. The van der Waals surface area contributed by atoms with Crippen LogP contribution in [0.25, 0.3) is 0 Å².